The van der Waals surface area contributed by atoms with Crippen LogP contribution in [0.15, 0.2) is 42.5 Å². The van der Waals surface area contributed by atoms with Crippen molar-refractivity contribution in [2.75, 3.05) is 13.2 Å². The van der Waals surface area contributed by atoms with Gasteiger partial charge in [-0.3, -0.25) is 4.79 Å². The number of primary amides is 1. The maximum absolute atomic E-state index is 9.82. The van der Waals surface area contributed by atoms with Crippen molar-refractivity contribution in [3.05, 3.63) is 42.5 Å². The summed E-state index contributed by atoms with van der Waals surface area (Å²) in [5.41, 5.74) is 5.09. The van der Waals surface area contributed by atoms with Gasteiger partial charge in [0.15, 0.2) is 0 Å². The molecule has 0 saturated carbocycles. The summed E-state index contributed by atoms with van der Waals surface area (Å²) in [7, 11) is 0. The lowest BCUT2D eigenvalue weighted by molar-refractivity contribution is -0.114. The van der Waals surface area contributed by atoms with Crippen LogP contribution in [0.2, 0.25) is 0 Å². The third kappa shape index (κ3) is 6.37. The largest absolute Gasteiger partial charge is 0.491 e. The highest BCUT2D eigenvalue weighted by Crippen LogP contribution is 2.13. The van der Waals surface area contributed by atoms with Crippen LogP contribution in [0.4, 0.5) is 0 Å². The molecule has 1 aliphatic rings. The van der Waals surface area contributed by atoms with E-state index in [4.69, 9.17) is 15.2 Å². The molecule has 0 aliphatic carbocycles. The maximum atomic E-state index is 9.82. The molecule has 1 heterocycles. The van der Waals surface area contributed by atoms with Gasteiger partial charge in [0, 0.05) is 5.57 Å². The van der Waals surface area contributed by atoms with Crippen LogP contribution in [0.25, 0.3) is 0 Å². The number of benzene rings is 1. The molecule has 0 aromatic heterocycles. The molecular formula is C13H17NO3. The molecule has 4 heteroatoms. The summed E-state index contributed by atoms with van der Waals surface area (Å²) < 4.78 is 10.4. The van der Waals surface area contributed by atoms with E-state index in [9.17, 15) is 4.79 Å². The number of amides is 1. The molecule has 1 amide bonds. The van der Waals surface area contributed by atoms with Crippen LogP contribution in [0, 0.1) is 0 Å². The molecule has 1 unspecified atom stereocenters. The zero-order valence-corrected chi connectivity index (χ0v) is 9.89. The molecule has 1 atom stereocenters. The fourth-order valence-corrected chi connectivity index (χ4v) is 0.870. The normalized spacial score (nSPS) is 16.4. The Kier molecular flexibility index (Phi) is 5.23. The highest BCUT2D eigenvalue weighted by Gasteiger charge is 2.22. The number of rotatable bonds is 4. The van der Waals surface area contributed by atoms with Crippen LogP contribution in [-0.4, -0.2) is 25.2 Å². The molecule has 0 bridgehead atoms. The van der Waals surface area contributed by atoms with Crippen molar-refractivity contribution in [3.8, 4) is 5.75 Å². The lowest BCUT2D eigenvalue weighted by Crippen LogP contribution is -2.10. The summed E-state index contributed by atoms with van der Waals surface area (Å²) in [6.45, 7) is 6.39. The predicted molar refractivity (Wildman–Crippen MR) is 65.7 cm³/mol. The van der Waals surface area contributed by atoms with Gasteiger partial charge in [-0.05, 0) is 19.1 Å². The molecule has 4 nitrogen and oxygen atoms in total. The Hall–Kier alpha value is -1.81. The van der Waals surface area contributed by atoms with E-state index < -0.39 is 5.91 Å². The summed E-state index contributed by atoms with van der Waals surface area (Å²) in [4.78, 5) is 9.82. The van der Waals surface area contributed by atoms with Gasteiger partial charge in [0.25, 0.3) is 0 Å². The Morgan fingerprint density at radius 1 is 1.53 bits per heavy atom. The van der Waals surface area contributed by atoms with Crippen LogP contribution >= 0.6 is 0 Å². The molecule has 1 aromatic rings. The Balaban J connectivity index is 0.000000209. The van der Waals surface area contributed by atoms with Gasteiger partial charge in [0.1, 0.15) is 18.5 Å². The van der Waals surface area contributed by atoms with Crippen molar-refractivity contribution in [1.82, 2.24) is 0 Å². The highest BCUT2D eigenvalue weighted by molar-refractivity contribution is 5.90. The molecule has 17 heavy (non-hydrogen) atoms. The van der Waals surface area contributed by atoms with E-state index in [1.54, 1.807) is 6.92 Å². The number of ether oxygens (including phenoxy) is 2. The molecule has 92 valence electrons. The minimum absolute atomic E-state index is 0.343. The first kappa shape index (κ1) is 13.3. The quantitative estimate of drug-likeness (QED) is 0.635. The van der Waals surface area contributed by atoms with Gasteiger partial charge in [-0.2, -0.15) is 0 Å². The minimum Gasteiger partial charge on any atom is -0.491 e. The van der Waals surface area contributed by atoms with Crippen LogP contribution in [0.5, 0.6) is 5.75 Å². The second-order valence-electron chi connectivity index (χ2n) is 3.72. The van der Waals surface area contributed by atoms with Crippen LogP contribution in [-0.2, 0) is 9.53 Å². The van der Waals surface area contributed by atoms with E-state index in [-0.39, 0.29) is 0 Å². The third-order valence-corrected chi connectivity index (χ3v) is 2.00. The number of epoxide rings is 1. The van der Waals surface area contributed by atoms with Crippen molar-refractivity contribution in [2.24, 2.45) is 5.73 Å². The lowest BCUT2D eigenvalue weighted by atomic mass is 10.3. The Bertz CT molecular complexity index is 360. The van der Waals surface area contributed by atoms with Crippen molar-refractivity contribution in [2.45, 2.75) is 13.0 Å². The molecule has 0 radical (unpaired) electrons. The smallest absolute Gasteiger partial charge is 0.243 e. The van der Waals surface area contributed by atoms with Gasteiger partial charge in [0.05, 0.1) is 6.61 Å². The first-order valence-corrected chi connectivity index (χ1v) is 5.34. The average Bonchev–Trinajstić information content (AvgIpc) is 3.12. The summed E-state index contributed by atoms with van der Waals surface area (Å²) in [5, 5.41) is 0. The summed E-state index contributed by atoms with van der Waals surface area (Å²) in [6.07, 6.45) is 0.343. The third-order valence-electron chi connectivity index (χ3n) is 2.00. The molecule has 2 rings (SSSR count). The van der Waals surface area contributed by atoms with E-state index in [1.807, 2.05) is 30.3 Å². The van der Waals surface area contributed by atoms with Crippen molar-refractivity contribution in [3.63, 3.8) is 0 Å². The first-order valence-electron chi connectivity index (χ1n) is 5.34. The Morgan fingerprint density at radius 3 is 2.47 bits per heavy atom. The van der Waals surface area contributed by atoms with E-state index in [0.717, 1.165) is 12.4 Å². The van der Waals surface area contributed by atoms with E-state index in [0.29, 0.717) is 18.3 Å². The predicted octanol–water partition coefficient (Wildman–Crippen LogP) is 1.51. The van der Waals surface area contributed by atoms with Gasteiger partial charge in [0.2, 0.25) is 5.91 Å². The van der Waals surface area contributed by atoms with Gasteiger partial charge in [-0.1, -0.05) is 24.8 Å². The van der Waals surface area contributed by atoms with Crippen LogP contribution < -0.4 is 10.5 Å². The summed E-state index contributed by atoms with van der Waals surface area (Å²) in [6, 6.07) is 9.79. The molecule has 0 spiro atoms. The molecule has 1 saturated heterocycles. The topological polar surface area (TPSA) is 64.9 Å². The van der Waals surface area contributed by atoms with Crippen molar-refractivity contribution in [1.29, 1.82) is 0 Å². The van der Waals surface area contributed by atoms with E-state index in [1.165, 1.54) is 0 Å². The number of hydrogen-bond acceptors (Lipinski definition) is 3. The number of carbonyl (C=O) groups is 1. The second-order valence-corrected chi connectivity index (χ2v) is 3.72. The molecule has 1 fully saturated rings. The molecule has 1 aromatic carbocycles. The monoisotopic (exact) mass is 235 g/mol. The molecule has 2 N–H and O–H groups in total. The van der Waals surface area contributed by atoms with Crippen molar-refractivity contribution >= 4 is 5.91 Å². The van der Waals surface area contributed by atoms with Gasteiger partial charge < -0.3 is 15.2 Å². The average molecular weight is 235 g/mol. The van der Waals surface area contributed by atoms with Crippen molar-refractivity contribution < 1.29 is 14.3 Å². The van der Waals surface area contributed by atoms with Crippen LogP contribution in [0.3, 0.4) is 0 Å². The minimum atomic E-state index is -0.435. The van der Waals surface area contributed by atoms with Gasteiger partial charge in [-0.15, -0.1) is 0 Å². The zero-order valence-electron chi connectivity index (χ0n) is 9.89. The van der Waals surface area contributed by atoms with E-state index in [2.05, 4.69) is 6.58 Å². The molecule has 1 aliphatic heterocycles. The first-order chi connectivity index (χ1) is 8.09. The fourth-order valence-electron chi connectivity index (χ4n) is 0.870. The van der Waals surface area contributed by atoms with Crippen LogP contribution in [0.1, 0.15) is 6.92 Å². The van der Waals surface area contributed by atoms with Gasteiger partial charge in [-0.25, -0.2) is 0 Å². The Morgan fingerprint density at radius 2 is 2.06 bits per heavy atom. The lowest BCUT2D eigenvalue weighted by Gasteiger charge is -2.01. The fraction of sp³-hybridized carbons (Fsp3) is 0.308. The highest BCUT2D eigenvalue weighted by atomic mass is 16.6. The maximum Gasteiger partial charge on any atom is 0.243 e. The number of para-hydroxylation sites is 1. The van der Waals surface area contributed by atoms with Gasteiger partial charge >= 0.3 is 0 Å². The number of carbonyl (C=O) groups excluding carboxylic acids is 1. The summed E-state index contributed by atoms with van der Waals surface area (Å²) in [5.74, 6) is 0.484. The SMILES string of the molecule is C=C(C)C(N)=O.c1ccc(OCC2CO2)cc1. The zero-order chi connectivity index (χ0) is 12.7. The summed E-state index contributed by atoms with van der Waals surface area (Å²) >= 11 is 0. The number of hydrogen-bond donors (Lipinski definition) is 1. The second kappa shape index (κ2) is 6.70. The molecular weight excluding hydrogens is 218 g/mol. The van der Waals surface area contributed by atoms with E-state index >= 15 is 0 Å². The number of nitrogens with two attached hydrogens (primary N) is 1. The Labute approximate surface area is 101 Å². The standard InChI is InChI=1S/C9H10O2.C4H7NO/c1-2-4-8(5-3-1)10-6-9-7-11-9;1-3(2)4(5)6/h1-5,9H,6-7H2;1H2,2H3,(H2,5,6).